The molecule has 0 amide bonds. The summed E-state index contributed by atoms with van der Waals surface area (Å²) in [6.45, 7) is 3.18. The van der Waals surface area contributed by atoms with Gasteiger partial charge in [-0.15, -0.1) is 0 Å². The Labute approximate surface area is 125 Å². The number of fused-ring (bicyclic) bond motifs is 1. The molecule has 21 heavy (non-hydrogen) atoms. The molecule has 0 aliphatic rings. The molecular formula is C19H20N2. The lowest BCUT2D eigenvalue weighted by Crippen LogP contribution is -2.23. The lowest BCUT2D eigenvalue weighted by atomic mass is 9.98. The predicted octanol–water partition coefficient (Wildman–Crippen LogP) is 4.32. The smallest absolute Gasteiger partial charge is 0.0702 e. The van der Waals surface area contributed by atoms with Crippen LogP contribution in [0.5, 0.6) is 0 Å². The first-order chi connectivity index (χ1) is 10.4. The number of nitrogens with one attached hydrogen (secondary N) is 1. The molecule has 1 heterocycles. The molecule has 0 saturated heterocycles. The average molecular weight is 276 g/mol. The van der Waals surface area contributed by atoms with Gasteiger partial charge in [-0.05, 0) is 36.2 Å². The molecular weight excluding hydrogens is 256 g/mol. The SMILES string of the molecule is CCCNC(c1ccccc1)c1cnc2ccccc2c1. The number of rotatable bonds is 5. The molecule has 3 aromatic rings. The fraction of sp³-hybridized carbons (Fsp3) is 0.211. The summed E-state index contributed by atoms with van der Waals surface area (Å²) < 4.78 is 0. The minimum absolute atomic E-state index is 0.197. The van der Waals surface area contributed by atoms with Crippen LogP contribution in [-0.2, 0) is 0 Å². The van der Waals surface area contributed by atoms with Crippen molar-refractivity contribution >= 4 is 10.9 Å². The minimum Gasteiger partial charge on any atom is -0.306 e. The summed E-state index contributed by atoms with van der Waals surface area (Å²) in [5.41, 5.74) is 3.54. The Morgan fingerprint density at radius 2 is 1.71 bits per heavy atom. The van der Waals surface area contributed by atoms with E-state index in [1.54, 1.807) is 0 Å². The van der Waals surface area contributed by atoms with Gasteiger partial charge in [0.05, 0.1) is 11.6 Å². The Morgan fingerprint density at radius 3 is 2.52 bits per heavy atom. The number of aromatic nitrogens is 1. The summed E-state index contributed by atoms with van der Waals surface area (Å²) in [5, 5.41) is 4.82. The Balaban J connectivity index is 2.01. The third-order valence-electron chi connectivity index (χ3n) is 3.68. The van der Waals surface area contributed by atoms with E-state index in [0.717, 1.165) is 18.5 Å². The van der Waals surface area contributed by atoms with Crippen LogP contribution in [0.4, 0.5) is 0 Å². The highest BCUT2D eigenvalue weighted by molar-refractivity contribution is 5.78. The van der Waals surface area contributed by atoms with Crippen LogP contribution >= 0.6 is 0 Å². The fourth-order valence-electron chi connectivity index (χ4n) is 2.61. The largest absolute Gasteiger partial charge is 0.306 e. The molecule has 0 fully saturated rings. The molecule has 1 aromatic heterocycles. The lowest BCUT2D eigenvalue weighted by Gasteiger charge is -2.19. The third kappa shape index (κ3) is 3.11. The molecule has 2 heteroatoms. The van der Waals surface area contributed by atoms with Crippen molar-refractivity contribution in [1.82, 2.24) is 10.3 Å². The van der Waals surface area contributed by atoms with Crippen molar-refractivity contribution in [2.24, 2.45) is 0 Å². The highest BCUT2D eigenvalue weighted by Crippen LogP contribution is 2.24. The summed E-state index contributed by atoms with van der Waals surface area (Å²) in [6, 6.07) is 21.3. The molecule has 106 valence electrons. The first-order valence-electron chi connectivity index (χ1n) is 7.51. The van der Waals surface area contributed by atoms with Gasteiger partial charge in [0.25, 0.3) is 0 Å². The monoisotopic (exact) mass is 276 g/mol. The van der Waals surface area contributed by atoms with Gasteiger partial charge in [-0.25, -0.2) is 0 Å². The van der Waals surface area contributed by atoms with Crippen LogP contribution in [0.1, 0.15) is 30.5 Å². The van der Waals surface area contributed by atoms with Crippen molar-refractivity contribution in [3.05, 3.63) is 78.0 Å². The molecule has 2 nitrogen and oxygen atoms in total. The zero-order valence-corrected chi connectivity index (χ0v) is 12.3. The zero-order valence-electron chi connectivity index (χ0n) is 12.3. The minimum atomic E-state index is 0.197. The maximum Gasteiger partial charge on any atom is 0.0702 e. The van der Waals surface area contributed by atoms with Crippen molar-refractivity contribution in [3.63, 3.8) is 0 Å². The van der Waals surface area contributed by atoms with E-state index in [-0.39, 0.29) is 6.04 Å². The van der Waals surface area contributed by atoms with Crippen LogP contribution < -0.4 is 5.32 Å². The van der Waals surface area contributed by atoms with E-state index in [4.69, 9.17) is 0 Å². The van der Waals surface area contributed by atoms with Gasteiger partial charge >= 0.3 is 0 Å². The Bertz CT molecular complexity index is 707. The van der Waals surface area contributed by atoms with Crippen LogP contribution in [0.2, 0.25) is 0 Å². The first kappa shape index (κ1) is 13.8. The van der Waals surface area contributed by atoms with Gasteiger partial charge in [0.2, 0.25) is 0 Å². The van der Waals surface area contributed by atoms with Gasteiger partial charge in [-0.3, -0.25) is 4.98 Å². The van der Waals surface area contributed by atoms with E-state index < -0.39 is 0 Å². The number of nitrogens with zero attached hydrogens (tertiary/aromatic N) is 1. The molecule has 0 bridgehead atoms. The van der Waals surface area contributed by atoms with E-state index >= 15 is 0 Å². The van der Waals surface area contributed by atoms with Gasteiger partial charge in [-0.2, -0.15) is 0 Å². The lowest BCUT2D eigenvalue weighted by molar-refractivity contribution is 0.598. The van der Waals surface area contributed by atoms with Crippen molar-refractivity contribution in [3.8, 4) is 0 Å². The molecule has 2 aromatic carbocycles. The molecule has 3 rings (SSSR count). The van der Waals surface area contributed by atoms with Crippen molar-refractivity contribution in [2.75, 3.05) is 6.54 Å². The number of pyridine rings is 1. The molecule has 1 N–H and O–H groups in total. The number of hydrogen-bond acceptors (Lipinski definition) is 2. The predicted molar refractivity (Wildman–Crippen MR) is 88.3 cm³/mol. The number of para-hydroxylation sites is 1. The van der Waals surface area contributed by atoms with E-state index in [2.05, 4.69) is 71.8 Å². The van der Waals surface area contributed by atoms with E-state index in [0.29, 0.717) is 0 Å². The van der Waals surface area contributed by atoms with E-state index in [1.807, 2.05) is 12.3 Å². The van der Waals surface area contributed by atoms with Gasteiger partial charge in [0.1, 0.15) is 0 Å². The summed E-state index contributed by atoms with van der Waals surface area (Å²) in [5.74, 6) is 0. The maximum atomic E-state index is 4.60. The molecule has 0 spiro atoms. The van der Waals surface area contributed by atoms with Crippen molar-refractivity contribution < 1.29 is 0 Å². The topological polar surface area (TPSA) is 24.9 Å². The highest BCUT2D eigenvalue weighted by atomic mass is 14.9. The maximum absolute atomic E-state index is 4.60. The summed E-state index contributed by atoms with van der Waals surface area (Å²) in [6.07, 6.45) is 3.10. The summed E-state index contributed by atoms with van der Waals surface area (Å²) >= 11 is 0. The number of hydrogen-bond donors (Lipinski definition) is 1. The van der Waals surface area contributed by atoms with Gasteiger partial charge in [0, 0.05) is 11.6 Å². The second-order valence-corrected chi connectivity index (χ2v) is 5.26. The van der Waals surface area contributed by atoms with Crippen LogP contribution in [0.25, 0.3) is 10.9 Å². The Morgan fingerprint density at radius 1 is 0.952 bits per heavy atom. The standard InChI is InChI=1S/C19H20N2/c1-2-12-20-19(15-8-4-3-5-9-15)17-13-16-10-6-7-11-18(16)21-14-17/h3-11,13-14,19-20H,2,12H2,1H3. The molecule has 1 unspecified atom stereocenters. The quantitative estimate of drug-likeness (QED) is 0.750. The summed E-state index contributed by atoms with van der Waals surface area (Å²) in [7, 11) is 0. The average Bonchev–Trinajstić information content (AvgIpc) is 2.56. The molecule has 0 radical (unpaired) electrons. The number of benzene rings is 2. The summed E-state index contributed by atoms with van der Waals surface area (Å²) in [4.78, 5) is 4.60. The fourth-order valence-corrected chi connectivity index (χ4v) is 2.61. The Hall–Kier alpha value is -2.19. The van der Waals surface area contributed by atoms with Crippen molar-refractivity contribution in [2.45, 2.75) is 19.4 Å². The van der Waals surface area contributed by atoms with Gasteiger partial charge in [0.15, 0.2) is 0 Å². The van der Waals surface area contributed by atoms with Crippen LogP contribution in [0, 0.1) is 0 Å². The molecule has 0 aliphatic heterocycles. The van der Waals surface area contributed by atoms with Gasteiger partial charge in [-0.1, -0.05) is 55.5 Å². The first-order valence-corrected chi connectivity index (χ1v) is 7.51. The zero-order chi connectivity index (χ0) is 14.5. The highest BCUT2D eigenvalue weighted by Gasteiger charge is 2.13. The third-order valence-corrected chi connectivity index (χ3v) is 3.68. The normalized spacial score (nSPS) is 12.4. The van der Waals surface area contributed by atoms with Gasteiger partial charge < -0.3 is 5.32 Å². The second-order valence-electron chi connectivity index (χ2n) is 5.26. The van der Waals surface area contributed by atoms with Crippen LogP contribution in [0.3, 0.4) is 0 Å². The van der Waals surface area contributed by atoms with Crippen LogP contribution in [-0.4, -0.2) is 11.5 Å². The van der Waals surface area contributed by atoms with Crippen molar-refractivity contribution in [1.29, 1.82) is 0 Å². The van der Waals surface area contributed by atoms with E-state index in [9.17, 15) is 0 Å². The molecule has 0 saturated carbocycles. The molecule has 1 atom stereocenters. The second kappa shape index (κ2) is 6.51. The molecule has 0 aliphatic carbocycles. The van der Waals surface area contributed by atoms with E-state index in [1.165, 1.54) is 16.5 Å². The van der Waals surface area contributed by atoms with Crippen LogP contribution in [0.15, 0.2) is 66.9 Å². The Kier molecular flexibility index (Phi) is 4.27.